The summed E-state index contributed by atoms with van der Waals surface area (Å²) in [6, 6.07) is 6.77. The van der Waals surface area contributed by atoms with Crippen LogP contribution in [-0.2, 0) is 11.8 Å². The predicted molar refractivity (Wildman–Crippen MR) is 107 cm³/mol. The zero-order valence-corrected chi connectivity index (χ0v) is 16.7. The highest BCUT2D eigenvalue weighted by Gasteiger charge is 2.33. The topological polar surface area (TPSA) is 75.4 Å². The molecule has 0 bridgehead atoms. The van der Waals surface area contributed by atoms with E-state index in [2.05, 4.69) is 4.98 Å². The van der Waals surface area contributed by atoms with Gasteiger partial charge in [0, 0.05) is 13.6 Å². The number of carboxylic acid groups (broad SMARTS) is 1. The first-order valence-electron chi connectivity index (χ1n) is 9.12. The molecule has 1 aliphatic rings. The fourth-order valence-electron chi connectivity index (χ4n) is 3.58. The van der Waals surface area contributed by atoms with Crippen LogP contribution in [0.1, 0.15) is 48.4 Å². The molecule has 144 valence electrons. The predicted octanol–water partition coefficient (Wildman–Crippen LogP) is 3.59. The molecule has 0 aliphatic carbocycles. The number of nitrogens with zero attached hydrogens (tertiary/aromatic N) is 3. The second-order valence-electron chi connectivity index (χ2n) is 6.86. The normalized spacial score (nSPS) is 18.3. The summed E-state index contributed by atoms with van der Waals surface area (Å²) < 4.78 is 2.02. The maximum atomic E-state index is 12.8. The Kier molecular flexibility index (Phi) is 5.89. The fourth-order valence-corrected chi connectivity index (χ4v) is 3.92. The van der Waals surface area contributed by atoms with Crippen molar-refractivity contribution in [3.63, 3.8) is 0 Å². The molecular formula is C20H25N3O3S. The molecular weight excluding hydrogens is 362 g/mol. The number of rotatable bonds is 5. The third-order valence-corrected chi connectivity index (χ3v) is 6.15. The van der Waals surface area contributed by atoms with Crippen molar-refractivity contribution in [3.05, 3.63) is 41.9 Å². The smallest absolute Gasteiger partial charge is 0.335 e. The number of aromatic nitrogens is 2. The van der Waals surface area contributed by atoms with Gasteiger partial charge in [0.1, 0.15) is 5.82 Å². The number of thioether (sulfide) groups is 1. The van der Waals surface area contributed by atoms with Crippen molar-refractivity contribution in [2.24, 2.45) is 7.05 Å². The van der Waals surface area contributed by atoms with Gasteiger partial charge in [-0.2, -0.15) is 11.8 Å². The van der Waals surface area contributed by atoms with E-state index in [0.717, 1.165) is 42.9 Å². The van der Waals surface area contributed by atoms with Crippen molar-refractivity contribution in [1.29, 1.82) is 0 Å². The standard InChI is InChI=1S/C20H25N3O3S/c1-13(27-3)19(24)23-11-5-4-6-16(23)18-21-12-17(22(18)2)14-7-9-15(10-8-14)20(25)26/h7-10,12-13,16H,4-6,11H2,1-3H3,(H,25,26). The third-order valence-electron chi connectivity index (χ3n) is 5.24. The van der Waals surface area contributed by atoms with Gasteiger partial charge in [0.25, 0.3) is 0 Å². The Hall–Kier alpha value is -2.28. The minimum absolute atomic E-state index is 0.0158. The van der Waals surface area contributed by atoms with E-state index in [9.17, 15) is 9.59 Å². The second-order valence-corrected chi connectivity index (χ2v) is 8.04. The Morgan fingerprint density at radius 3 is 2.59 bits per heavy atom. The van der Waals surface area contributed by atoms with Crippen LogP contribution in [0.5, 0.6) is 0 Å². The molecule has 1 aromatic heterocycles. The van der Waals surface area contributed by atoms with Crippen LogP contribution >= 0.6 is 11.8 Å². The molecule has 7 heteroatoms. The Labute approximate surface area is 163 Å². The summed E-state index contributed by atoms with van der Waals surface area (Å²) in [5.41, 5.74) is 2.08. The Balaban J connectivity index is 1.90. The van der Waals surface area contributed by atoms with Gasteiger partial charge in [0.15, 0.2) is 0 Å². The van der Waals surface area contributed by atoms with E-state index in [1.807, 2.05) is 29.7 Å². The molecule has 6 nitrogen and oxygen atoms in total. The zero-order valence-electron chi connectivity index (χ0n) is 15.9. The number of carbonyl (C=O) groups excluding carboxylic acids is 1. The highest BCUT2D eigenvalue weighted by molar-refractivity contribution is 7.99. The molecule has 1 aliphatic heterocycles. The quantitative estimate of drug-likeness (QED) is 0.848. The van der Waals surface area contributed by atoms with Crippen LogP contribution in [-0.4, -0.2) is 49.5 Å². The number of amides is 1. The molecule has 0 radical (unpaired) electrons. The van der Waals surface area contributed by atoms with E-state index < -0.39 is 5.97 Å². The van der Waals surface area contributed by atoms with Gasteiger partial charge < -0.3 is 14.6 Å². The molecule has 2 atom stereocenters. The van der Waals surface area contributed by atoms with E-state index in [4.69, 9.17) is 5.11 Å². The van der Waals surface area contributed by atoms with Crippen molar-refractivity contribution in [3.8, 4) is 11.3 Å². The van der Waals surface area contributed by atoms with E-state index in [1.165, 1.54) is 0 Å². The summed E-state index contributed by atoms with van der Waals surface area (Å²) in [6.45, 7) is 2.72. The van der Waals surface area contributed by atoms with Gasteiger partial charge in [-0.25, -0.2) is 9.78 Å². The minimum atomic E-state index is -0.938. The first kappa shape index (κ1) is 19.5. The van der Waals surface area contributed by atoms with Crippen LogP contribution < -0.4 is 0 Å². The number of likely N-dealkylation sites (tertiary alicyclic amines) is 1. The first-order chi connectivity index (χ1) is 12.9. The molecule has 2 unspecified atom stereocenters. The van der Waals surface area contributed by atoms with Crippen LogP contribution in [0.3, 0.4) is 0 Å². The van der Waals surface area contributed by atoms with Gasteiger partial charge in [-0.3, -0.25) is 4.79 Å². The third kappa shape index (κ3) is 3.88. The lowest BCUT2D eigenvalue weighted by Gasteiger charge is -2.36. The molecule has 27 heavy (non-hydrogen) atoms. The molecule has 2 heterocycles. The van der Waals surface area contributed by atoms with Gasteiger partial charge in [0.05, 0.1) is 28.7 Å². The monoisotopic (exact) mass is 387 g/mol. The van der Waals surface area contributed by atoms with Gasteiger partial charge in [-0.05, 0) is 50.1 Å². The number of piperidine rings is 1. The summed E-state index contributed by atoms with van der Waals surface area (Å²) >= 11 is 1.57. The van der Waals surface area contributed by atoms with E-state index >= 15 is 0 Å². The van der Waals surface area contributed by atoms with E-state index in [0.29, 0.717) is 0 Å². The maximum Gasteiger partial charge on any atom is 0.335 e. The van der Waals surface area contributed by atoms with Gasteiger partial charge in [-0.15, -0.1) is 0 Å². The summed E-state index contributed by atoms with van der Waals surface area (Å²) in [5, 5.41) is 9.00. The number of aromatic carboxylic acids is 1. The van der Waals surface area contributed by atoms with Crippen LogP contribution in [0.2, 0.25) is 0 Å². The van der Waals surface area contributed by atoms with E-state index in [1.54, 1.807) is 42.2 Å². The molecule has 1 fully saturated rings. The molecule has 0 spiro atoms. The molecule has 3 rings (SSSR count). The number of hydrogen-bond donors (Lipinski definition) is 1. The largest absolute Gasteiger partial charge is 0.478 e. The lowest BCUT2D eigenvalue weighted by atomic mass is 10.0. The Morgan fingerprint density at radius 2 is 1.96 bits per heavy atom. The highest BCUT2D eigenvalue weighted by Crippen LogP contribution is 2.33. The van der Waals surface area contributed by atoms with Crippen LogP contribution in [0, 0.1) is 0 Å². The number of hydrogen-bond acceptors (Lipinski definition) is 4. The molecule has 1 saturated heterocycles. The van der Waals surface area contributed by atoms with Crippen molar-refractivity contribution in [2.45, 2.75) is 37.5 Å². The van der Waals surface area contributed by atoms with Crippen molar-refractivity contribution in [1.82, 2.24) is 14.5 Å². The summed E-state index contributed by atoms with van der Waals surface area (Å²) in [7, 11) is 1.96. The molecule has 2 aromatic rings. The van der Waals surface area contributed by atoms with Crippen LogP contribution in [0.25, 0.3) is 11.3 Å². The first-order valence-corrected chi connectivity index (χ1v) is 10.4. The molecule has 1 amide bonds. The second kappa shape index (κ2) is 8.17. The Morgan fingerprint density at radius 1 is 1.26 bits per heavy atom. The zero-order chi connectivity index (χ0) is 19.6. The average molecular weight is 388 g/mol. The van der Waals surface area contributed by atoms with Gasteiger partial charge >= 0.3 is 5.97 Å². The molecule has 0 saturated carbocycles. The molecule has 1 N–H and O–H groups in total. The molecule has 1 aromatic carbocycles. The lowest BCUT2D eigenvalue weighted by molar-refractivity contribution is -0.134. The van der Waals surface area contributed by atoms with Gasteiger partial charge in [-0.1, -0.05) is 12.1 Å². The number of benzene rings is 1. The highest BCUT2D eigenvalue weighted by atomic mass is 32.2. The summed E-state index contributed by atoms with van der Waals surface area (Å²) in [4.78, 5) is 30.5. The number of carboxylic acids is 1. The van der Waals surface area contributed by atoms with Gasteiger partial charge in [0.2, 0.25) is 5.91 Å². The number of imidazole rings is 1. The van der Waals surface area contributed by atoms with Crippen molar-refractivity contribution >= 4 is 23.6 Å². The van der Waals surface area contributed by atoms with E-state index in [-0.39, 0.29) is 22.8 Å². The van der Waals surface area contributed by atoms with Crippen molar-refractivity contribution in [2.75, 3.05) is 12.8 Å². The van der Waals surface area contributed by atoms with Crippen LogP contribution in [0.15, 0.2) is 30.5 Å². The lowest BCUT2D eigenvalue weighted by Crippen LogP contribution is -2.43. The fraction of sp³-hybridized carbons (Fsp3) is 0.450. The Bertz CT molecular complexity index is 831. The van der Waals surface area contributed by atoms with Crippen molar-refractivity contribution < 1.29 is 14.7 Å². The number of carbonyl (C=O) groups is 2. The SMILES string of the molecule is CSC(C)C(=O)N1CCCCC1c1ncc(-c2ccc(C(=O)O)cc2)n1C. The summed E-state index contributed by atoms with van der Waals surface area (Å²) in [6.07, 6.45) is 6.78. The summed E-state index contributed by atoms with van der Waals surface area (Å²) in [5.74, 6) is 0.114. The maximum absolute atomic E-state index is 12.8. The van der Waals surface area contributed by atoms with Crippen LogP contribution in [0.4, 0.5) is 0 Å². The average Bonchev–Trinajstić information content (AvgIpc) is 3.08. The minimum Gasteiger partial charge on any atom is -0.478 e.